The molecule has 1 aromatic carbocycles. The molecule has 21 heavy (non-hydrogen) atoms. The number of benzene rings is 1. The van der Waals surface area contributed by atoms with Gasteiger partial charge in [0.25, 0.3) is 0 Å². The van der Waals surface area contributed by atoms with Crippen LogP contribution in [-0.2, 0) is 16.1 Å². The van der Waals surface area contributed by atoms with E-state index in [0.29, 0.717) is 19.6 Å². The van der Waals surface area contributed by atoms with E-state index in [-0.39, 0.29) is 17.9 Å². The fourth-order valence-corrected chi connectivity index (χ4v) is 3.21. The van der Waals surface area contributed by atoms with E-state index in [2.05, 4.69) is 5.32 Å². The van der Waals surface area contributed by atoms with E-state index in [9.17, 15) is 9.59 Å². The van der Waals surface area contributed by atoms with Crippen molar-refractivity contribution in [2.75, 3.05) is 26.2 Å². The van der Waals surface area contributed by atoms with Crippen molar-refractivity contribution in [2.24, 2.45) is 0 Å². The monoisotopic (exact) mass is 287 g/mol. The van der Waals surface area contributed by atoms with Gasteiger partial charge in [0.1, 0.15) is 0 Å². The summed E-state index contributed by atoms with van der Waals surface area (Å²) in [5, 5.41) is 3.29. The Morgan fingerprint density at radius 3 is 2.62 bits per heavy atom. The van der Waals surface area contributed by atoms with Gasteiger partial charge in [-0.25, -0.2) is 0 Å². The van der Waals surface area contributed by atoms with Crippen LogP contribution in [0.15, 0.2) is 18.2 Å². The third-order valence-corrected chi connectivity index (χ3v) is 4.51. The van der Waals surface area contributed by atoms with Gasteiger partial charge in [-0.1, -0.05) is 18.2 Å². The van der Waals surface area contributed by atoms with Gasteiger partial charge in [0.2, 0.25) is 0 Å². The number of hydrogen-bond acceptors (Lipinski definition) is 3. The van der Waals surface area contributed by atoms with Crippen molar-refractivity contribution in [3.05, 3.63) is 34.9 Å². The molecule has 0 spiro atoms. The van der Waals surface area contributed by atoms with Crippen molar-refractivity contribution in [1.29, 1.82) is 0 Å². The number of hydrogen-bond donors (Lipinski definition) is 1. The normalized spacial score (nSPS) is 22.5. The molecule has 2 fully saturated rings. The summed E-state index contributed by atoms with van der Waals surface area (Å²) in [6, 6.07) is 6.22. The molecule has 0 bridgehead atoms. The van der Waals surface area contributed by atoms with Crippen LogP contribution in [0, 0.1) is 13.8 Å². The molecule has 0 radical (unpaired) electrons. The van der Waals surface area contributed by atoms with E-state index < -0.39 is 0 Å². The van der Waals surface area contributed by atoms with Gasteiger partial charge in [0.05, 0.1) is 6.04 Å². The zero-order valence-electron chi connectivity index (χ0n) is 12.6. The lowest BCUT2D eigenvalue weighted by atomic mass is 10.0. The maximum absolute atomic E-state index is 12.3. The number of nitrogens with one attached hydrogen (secondary N) is 1. The highest BCUT2D eigenvalue weighted by atomic mass is 16.2. The zero-order chi connectivity index (χ0) is 15.0. The van der Waals surface area contributed by atoms with Crippen LogP contribution >= 0.6 is 0 Å². The van der Waals surface area contributed by atoms with Gasteiger partial charge in [0, 0.05) is 32.7 Å². The number of amides is 2. The molecule has 5 nitrogen and oxygen atoms in total. The van der Waals surface area contributed by atoms with E-state index in [4.69, 9.17) is 0 Å². The van der Waals surface area contributed by atoms with Crippen molar-refractivity contribution < 1.29 is 9.59 Å². The zero-order valence-corrected chi connectivity index (χ0v) is 12.6. The molecule has 0 aliphatic carbocycles. The summed E-state index contributed by atoms with van der Waals surface area (Å²) in [6.45, 7) is 7.40. The van der Waals surface area contributed by atoms with Gasteiger partial charge < -0.3 is 15.1 Å². The second-order valence-electron chi connectivity index (χ2n) is 5.91. The third kappa shape index (κ3) is 2.53. The van der Waals surface area contributed by atoms with E-state index in [1.165, 1.54) is 11.1 Å². The predicted molar refractivity (Wildman–Crippen MR) is 79.7 cm³/mol. The molecule has 112 valence electrons. The van der Waals surface area contributed by atoms with Crippen LogP contribution in [0.3, 0.4) is 0 Å². The quantitative estimate of drug-likeness (QED) is 0.803. The summed E-state index contributed by atoms with van der Waals surface area (Å²) in [6.07, 6.45) is 0. The molecule has 1 aromatic rings. The van der Waals surface area contributed by atoms with Gasteiger partial charge in [0.15, 0.2) is 0 Å². The smallest absolute Gasteiger partial charge is 0.312 e. The molecule has 2 saturated heterocycles. The van der Waals surface area contributed by atoms with Crippen LogP contribution in [0.5, 0.6) is 0 Å². The first kappa shape index (κ1) is 14.1. The Bertz CT molecular complexity index is 565. The van der Waals surface area contributed by atoms with Gasteiger partial charge in [-0.2, -0.15) is 0 Å². The number of carbonyl (C=O) groups excluding carboxylic acids is 2. The number of piperazine rings is 2. The highest BCUT2D eigenvalue weighted by Gasteiger charge is 2.40. The Labute approximate surface area is 124 Å². The Morgan fingerprint density at radius 1 is 1.19 bits per heavy atom. The third-order valence-electron chi connectivity index (χ3n) is 4.51. The highest BCUT2D eigenvalue weighted by Crippen LogP contribution is 2.20. The largest absolute Gasteiger partial charge is 0.328 e. The Hall–Kier alpha value is -1.88. The summed E-state index contributed by atoms with van der Waals surface area (Å²) < 4.78 is 0. The maximum Gasteiger partial charge on any atom is 0.312 e. The molecular weight excluding hydrogens is 266 g/mol. The molecule has 3 rings (SSSR count). The van der Waals surface area contributed by atoms with Crippen LogP contribution in [0.2, 0.25) is 0 Å². The SMILES string of the molecule is Cc1cccc(C)c1CN1CC2CNCCN2C(=O)C1=O. The lowest BCUT2D eigenvalue weighted by Crippen LogP contribution is -2.65. The van der Waals surface area contributed by atoms with Crippen LogP contribution in [0.25, 0.3) is 0 Å². The van der Waals surface area contributed by atoms with Crippen molar-refractivity contribution in [2.45, 2.75) is 26.4 Å². The summed E-state index contributed by atoms with van der Waals surface area (Å²) in [4.78, 5) is 28.0. The van der Waals surface area contributed by atoms with Crippen molar-refractivity contribution >= 4 is 11.8 Å². The molecule has 1 atom stereocenters. The summed E-state index contributed by atoms with van der Waals surface area (Å²) in [5.74, 6) is -0.713. The number of aryl methyl sites for hydroxylation is 2. The second-order valence-corrected chi connectivity index (χ2v) is 5.91. The first-order valence-electron chi connectivity index (χ1n) is 7.43. The van der Waals surface area contributed by atoms with E-state index >= 15 is 0 Å². The summed E-state index contributed by atoms with van der Waals surface area (Å²) >= 11 is 0. The van der Waals surface area contributed by atoms with Crippen LogP contribution in [0.1, 0.15) is 16.7 Å². The van der Waals surface area contributed by atoms with Crippen molar-refractivity contribution in [1.82, 2.24) is 15.1 Å². The molecule has 2 aliphatic heterocycles. The molecule has 0 saturated carbocycles. The molecule has 2 heterocycles. The van der Waals surface area contributed by atoms with Crippen LogP contribution in [-0.4, -0.2) is 53.8 Å². The maximum atomic E-state index is 12.3. The van der Waals surface area contributed by atoms with Gasteiger partial charge >= 0.3 is 11.8 Å². The minimum Gasteiger partial charge on any atom is -0.328 e. The predicted octanol–water partition coefficient (Wildman–Crippen LogP) is 0.446. The van der Waals surface area contributed by atoms with Gasteiger partial charge in [-0.15, -0.1) is 0 Å². The average Bonchev–Trinajstić information content (AvgIpc) is 2.48. The minimum absolute atomic E-state index is 0.105. The molecule has 2 aliphatic rings. The minimum atomic E-state index is -0.365. The summed E-state index contributed by atoms with van der Waals surface area (Å²) in [7, 11) is 0. The fraction of sp³-hybridized carbons (Fsp3) is 0.500. The topological polar surface area (TPSA) is 52.6 Å². The van der Waals surface area contributed by atoms with Gasteiger partial charge in [-0.05, 0) is 30.5 Å². The van der Waals surface area contributed by atoms with Crippen molar-refractivity contribution in [3.63, 3.8) is 0 Å². The summed E-state index contributed by atoms with van der Waals surface area (Å²) in [5.41, 5.74) is 3.48. The molecule has 2 amide bonds. The molecule has 0 aromatic heterocycles. The van der Waals surface area contributed by atoms with E-state index in [0.717, 1.165) is 18.7 Å². The standard InChI is InChI=1S/C16H21N3O2/c1-11-4-3-5-12(2)14(11)10-18-9-13-8-17-6-7-19(13)16(21)15(18)20/h3-5,13,17H,6-10H2,1-2H3. The molecular formula is C16H21N3O2. The Kier molecular flexibility index (Phi) is 3.68. The highest BCUT2D eigenvalue weighted by molar-refractivity contribution is 6.35. The van der Waals surface area contributed by atoms with E-state index in [1.807, 2.05) is 32.0 Å². The number of rotatable bonds is 2. The number of nitrogens with zero attached hydrogens (tertiary/aromatic N) is 2. The second kappa shape index (κ2) is 5.48. The lowest BCUT2D eigenvalue weighted by molar-refractivity contribution is -0.160. The van der Waals surface area contributed by atoms with Crippen LogP contribution in [0.4, 0.5) is 0 Å². The number of fused-ring (bicyclic) bond motifs is 1. The molecule has 1 unspecified atom stereocenters. The molecule has 5 heteroatoms. The van der Waals surface area contributed by atoms with Crippen molar-refractivity contribution in [3.8, 4) is 0 Å². The fourth-order valence-electron chi connectivity index (χ4n) is 3.21. The first-order chi connectivity index (χ1) is 10.1. The average molecular weight is 287 g/mol. The number of carbonyl (C=O) groups is 2. The van der Waals surface area contributed by atoms with E-state index in [1.54, 1.807) is 9.80 Å². The van der Waals surface area contributed by atoms with Crippen LogP contribution < -0.4 is 5.32 Å². The van der Waals surface area contributed by atoms with Gasteiger partial charge in [-0.3, -0.25) is 9.59 Å². The lowest BCUT2D eigenvalue weighted by Gasteiger charge is -2.43. The first-order valence-corrected chi connectivity index (χ1v) is 7.43. The Morgan fingerprint density at radius 2 is 1.90 bits per heavy atom. The molecule has 1 N–H and O–H groups in total. The Balaban J connectivity index is 1.82.